The van der Waals surface area contributed by atoms with Crippen LogP contribution in [0, 0.1) is 5.92 Å². The van der Waals surface area contributed by atoms with Gasteiger partial charge in [0, 0.05) is 0 Å². The van der Waals surface area contributed by atoms with E-state index >= 15 is 0 Å². The Labute approximate surface area is 84.6 Å². The zero-order valence-electron chi connectivity index (χ0n) is 9.42. The number of hydrogen-bond donors (Lipinski definition) is 0. The van der Waals surface area contributed by atoms with Crippen LogP contribution in [0.3, 0.4) is 0 Å². The van der Waals surface area contributed by atoms with Crippen molar-refractivity contribution in [2.75, 3.05) is 7.11 Å². The molecule has 0 aromatic rings. The molecule has 4 nitrogen and oxygen atoms in total. The predicted octanol–water partition coefficient (Wildman–Crippen LogP) is 1.53. The van der Waals surface area contributed by atoms with Crippen LogP contribution in [0.1, 0.15) is 34.1 Å². The second-order valence-corrected chi connectivity index (χ2v) is 4.21. The number of carbonyl (C=O) groups is 2. The number of ether oxygens (including phenoxy) is 2. The molecule has 0 amide bonds. The molecule has 0 spiro atoms. The Hall–Kier alpha value is -1.06. The first-order valence-corrected chi connectivity index (χ1v) is 4.56. The summed E-state index contributed by atoms with van der Waals surface area (Å²) >= 11 is 0. The van der Waals surface area contributed by atoms with Gasteiger partial charge in [0.15, 0.2) is 0 Å². The number of carbonyl (C=O) groups excluding carboxylic acids is 2. The second-order valence-electron chi connectivity index (χ2n) is 4.21. The fraction of sp³-hybridized carbons (Fsp3) is 0.800. The van der Waals surface area contributed by atoms with Crippen LogP contribution in [0.25, 0.3) is 0 Å². The van der Waals surface area contributed by atoms with Gasteiger partial charge in [0.1, 0.15) is 5.60 Å². The molecule has 0 saturated heterocycles. The van der Waals surface area contributed by atoms with Crippen molar-refractivity contribution in [3.63, 3.8) is 0 Å². The molecular weight excluding hydrogens is 184 g/mol. The molecule has 0 rings (SSSR count). The molecule has 0 saturated carbocycles. The standard InChI is InChI=1S/C10H18O4/c1-7(9(12)13-5)6-8(11)14-10(2,3)4/h7H,6H2,1-5H3. The van der Waals surface area contributed by atoms with Crippen molar-refractivity contribution in [2.45, 2.75) is 39.7 Å². The van der Waals surface area contributed by atoms with E-state index in [1.807, 2.05) is 0 Å². The molecule has 82 valence electrons. The highest BCUT2D eigenvalue weighted by Crippen LogP contribution is 2.12. The summed E-state index contributed by atoms with van der Waals surface area (Å²) in [5.41, 5.74) is -0.507. The first kappa shape index (κ1) is 12.9. The van der Waals surface area contributed by atoms with E-state index in [0.29, 0.717) is 0 Å². The second kappa shape index (κ2) is 4.98. The Morgan fingerprint density at radius 2 is 1.79 bits per heavy atom. The van der Waals surface area contributed by atoms with Crippen molar-refractivity contribution >= 4 is 11.9 Å². The third-order valence-corrected chi connectivity index (χ3v) is 1.50. The van der Waals surface area contributed by atoms with Crippen molar-refractivity contribution < 1.29 is 19.1 Å². The Morgan fingerprint density at radius 1 is 1.29 bits per heavy atom. The lowest BCUT2D eigenvalue weighted by Crippen LogP contribution is -2.26. The monoisotopic (exact) mass is 202 g/mol. The largest absolute Gasteiger partial charge is 0.469 e. The molecule has 0 N–H and O–H groups in total. The Morgan fingerprint density at radius 3 is 2.14 bits per heavy atom. The van der Waals surface area contributed by atoms with Gasteiger partial charge in [-0.1, -0.05) is 6.92 Å². The van der Waals surface area contributed by atoms with Crippen LogP contribution in [0.15, 0.2) is 0 Å². The van der Waals surface area contributed by atoms with E-state index in [2.05, 4.69) is 4.74 Å². The van der Waals surface area contributed by atoms with Gasteiger partial charge in [-0.05, 0) is 20.8 Å². The summed E-state index contributed by atoms with van der Waals surface area (Å²) < 4.78 is 9.55. The van der Waals surface area contributed by atoms with Crippen LogP contribution >= 0.6 is 0 Å². The Bertz CT molecular complexity index is 215. The maximum absolute atomic E-state index is 11.3. The molecule has 0 heterocycles. The predicted molar refractivity (Wildman–Crippen MR) is 51.6 cm³/mol. The van der Waals surface area contributed by atoms with Gasteiger partial charge in [0.05, 0.1) is 19.4 Å². The summed E-state index contributed by atoms with van der Waals surface area (Å²) in [5.74, 6) is -1.22. The summed E-state index contributed by atoms with van der Waals surface area (Å²) in [4.78, 5) is 22.2. The summed E-state index contributed by atoms with van der Waals surface area (Å²) in [6.45, 7) is 6.99. The highest BCUT2D eigenvalue weighted by Gasteiger charge is 2.22. The molecule has 0 aliphatic carbocycles. The number of rotatable bonds is 3. The van der Waals surface area contributed by atoms with Gasteiger partial charge in [0.2, 0.25) is 0 Å². The van der Waals surface area contributed by atoms with E-state index in [1.165, 1.54) is 7.11 Å². The number of esters is 2. The molecule has 1 unspecified atom stereocenters. The smallest absolute Gasteiger partial charge is 0.308 e. The molecule has 0 aromatic carbocycles. The van der Waals surface area contributed by atoms with Crippen LogP contribution < -0.4 is 0 Å². The quantitative estimate of drug-likeness (QED) is 0.651. The summed E-state index contributed by atoms with van der Waals surface area (Å²) in [7, 11) is 1.30. The van der Waals surface area contributed by atoms with Gasteiger partial charge < -0.3 is 9.47 Å². The topological polar surface area (TPSA) is 52.6 Å². The third-order valence-electron chi connectivity index (χ3n) is 1.50. The summed E-state index contributed by atoms with van der Waals surface area (Å²) in [5, 5.41) is 0. The minimum Gasteiger partial charge on any atom is -0.469 e. The molecule has 0 fully saturated rings. The van der Waals surface area contributed by atoms with Crippen molar-refractivity contribution in [3.05, 3.63) is 0 Å². The Balaban J connectivity index is 4.01. The first-order valence-electron chi connectivity index (χ1n) is 4.56. The lowest BCUT2D eigenvalue weighted by molar-refractivity contribution is -0.160. The zero-order chi connectivity index (χ0) is 11.4. The van der Waals surface area contributed by atoms with Crippen molar-refractivity contribution in [1.29, 1.82) is 0 Å². The molecule has 0 aliphatic rings. The van der Waals surface area contributed by atoms with Crippen molar-refractivity contribution in [2.24, 2.45) is 5.92 Å². The molecule has 0 radical (unpaired) electrons. The minimum atomic E-state index is -0.507. The van der Waals surface area contributed by atoms with Crippen LogP contribution in [0.4, 0.5) is 0 Å². The maximum Gasteiger partial charge on any atom is 0.308 e. The van der Waals surface area contributed by atoms with E-state index in [1.54, 1.807) is 27.7 Å². The van der Waals surface area contributed by atoms with Crippen LogP contribution in [-0.2, 0) is 19.1 Å². The van der Waals surface area contributed by atoms with Crippen LogP contribution in [0.2, 0.25) is 0 Å². The maximum atomic E-state index is 11.3. The molecule has 0 aromatic heterocycles. The van der Waals surface area contributed by atoms with E-state index in [-0.39, 0.29) is 12.4 Å². The lowest BCUT2D eigenvalue weighted by atomic mass is 10.1. The van der Waals surface area contributed by atoms with Gasteiger partial charge in [-0.15, -0.1) is 0 Å². The fourth-order valence-corrected chi connectivity index (χ4v) is 0.918. The number of methoxy groups -OCH3 is 1. The minimum absolute atomic E-state index is 0.0595. The zero-order valence-corrected chi connectivity index (χ0v) is 9.42. The SMILES string of the molecule is COC(=O)C(C)CC(=O)OC(C)(C)C. The highest BCUT2D eigenvalue weighted by molar-refractivity contribution is 5.79. The van der Waals surface area contributed by atoms with E-state index in [4.69, 9.17) is 4.74 Å². The average Bonchev–Trinajstić information content (AvgIpc) is 1.99. The first-order chi connectivity index (χ1) is 6.26. The van der Waals surface area contributed by atoms with E-state index in [9.17, 15) is 9.59 Å². The molecule has 4 heteroatoms. The van der Waals surface area contributed by atoms with E-state index in [0.717, 1.165) is 0 Å². The summed E-state index contributed by atoms with van der Waals surface area (Å²) in [6.07, 6.45) is 0.0595. The highest BCUT2D eigenvalue weighted by atomic mass is 16.6. The fourth-order valence-electron chi connectivity index (χ4n) is 0.918. The molecule has 14 heavy (non-hydrogen) atoms. The van der Waals surface area contributed by atoms with Gasteiger partial charge >= 0.3 is 11.9 Å². The lowest BCUT2D eigenvalue weighted by Gasteiger charge is -2.20. The normalized spacial score (nSPS) is 13.2. The molecular formula is C10H18O4. The van der Waals surface area contributed by atoms with E-state index < -0.39 is 17.5 Å². The van der Waals surface area contributed by atoms with Gasteiger partial charge in [0.25, 0.3) is 0 Å². The van der Waals surface area contributed by atoms with Gasteiger partial charge in [-0.3, -0.25) is 9.59 Å². The van der Waals surface area contributed by atoms with Gasteiger partial charge in [-0.25, -0.2) is 0 Å². The summed E-state index contributed by atoms with van der Waals surface area (Å²) in [6, 6.07) is 0. The average molecular weight is 202 g/mol. The van der Waals surface area contributed by atoms with Crippen molar-refractivity contribution in [1.82, 2.24) is 0 Å². The van der Waals surface area contributed by atoms with Crippen LogP contribution in [0.5, 0.6) is 0 Å². The van der Waals surface area contributed by atoms with Gasteiger partial charge in [-0.2, -0.15) is 0 Å². The van der Waals surface area contributed by atoms with Crippen molar-refractivity contribution in [3.8, 4) is 0 Å². The molecule has 0 bridgehead atoms. The Kier molecular flexibility index (Phi) is 4.60. The molecule has 1 atom stereocenters. The third kappa shape index (κ3) is 5.56. The number of hydrogen-bond acceptors (Lipinski definition) is 4. The molecule has 0 aliphatic heterocycles. The van der Waals surface area contributed by atoms with Crippen LogP contribution in [-0.4, -0.2) is 24.6 Å².